The standard InChI is InChI=1S/C16H11N3O2/c17-7-11-2-1-3-12(4-11)8-19-9-18-13-5-15-16(6-14(13)19)21-10-20-15/h1-6,9H,8,10H2. The molecule has 1 aromatic heterocycles. The maximum absolute atomic E-state index is 8.97. The van der Waals surface area contributed by atoms with Crippen LogP contribution < -0.4 is 9.47 Å². The van der Waals surface area contributed by atoms with E-state index in [-0.39, 0.29) is 6.79 Å². The quantitative estimate of drug-likeness (QED) is 0.722. The molecule has 1 aliphatic heterocycles. The van der Waals surface area contributed by atoms with Gasteiger partial charge in [-0.2, -0.15) is 5.26 Å². The number of nitriles is 1. The molecular formula is C16H11N3O2. The van der Waals surface area contributed by atoms with Crippen LogP contribution in [0.15, 0.2) is 42.7 Å². The van der Waals surface area contributed by atoms with E-state index in [0.29, 0.717) is 12.1 Å². The number of hydrogen-bond acceptors (Lipinski definition) is 4. The van der Waals surface area contributed by atoms with E-state index in [1.165, 1.54) is 0 Å². The van der Waals surface area contributed by atoms with E-state index in [1.54, 1.807) is 12.4 Å². The molecule has 4 rings (SSSR count). The molecule has 21 heavy (non-hydrogen) atoms. The van der Waals surface area contributed by atoms with Crippen LogP contribution in [0.2, 0.25) is 0 Å². The lowest BCUT2D eigenvalue weighted by Crippen LogP contribution is -1.98. The van der Waals surface area contributed by atoms with Crippen molar-refractivity contribution in [1.29, 1.82) is 5.26 Å². The summed E-state index contributed by atoms with van der Waals surface area (Å²) in [5.41, 5.74) is 3.58. The van der Waals surface area contributed by atoms with Crippen LogP contribution in [0.25, 0.3) is 11.0 Å². The molecule has 102 valence electrons. The van der Waals surface area contributed by atoms with E-state index in [1.807, 2.05) is 34.9 Å². The number of hydrogen-bond donors (Lipinski definition) is 0. The van der Waals surface area contributed by atoms with Gasteiger partial charge in [-0.15, -0.1) is 0 Å². The third-order valence-corrected chi connectivity index (χ3v) is 3.52. The molecule has 0 atom stereocenters. The third kappa shape index (κ3) is 1.98. The van der Waals surface area contributed by atoms with Gasteiger partial charge in [-0.05, 0) is 17.7 Å². The van der Waals surface area contributed by atoms with Gasteiger partial charge in [-0.3, -0.25) is 0 Å². The first-order valence-corrected chi connectivity index (χ1v) is 6.57. The van der Waals surface area contributed by atoms with Crippen LogP contribution in [0, 0.1) is 11.3 Å². The maximum atomic E-state index is 8.97. The fourth-order valence-corrected chi connectivity index (χ4v) is 2.51. The molecule has 3 aromatic rings. The van der Waals surface area contributed by atoms with Crippen molar-refractivity contribution in [3.8, 4) is 17.6 Å². The molecule has 0 saturated heterocycles. The summed E-state index contributed by atoms with van der Waals surface area (Å²) in [5.74, 6) is 1.48. The Morgan fingerprint density at radius 3 is 2.90 bits per heavy atom. The Bertz CT molecular complexity index is 877. The minimum atomic E-state index is 0.256. The Kier molecular flexibility index (Phi) is 2.54. The molecule has 2 aromatic carbocycles. The zero-order valence-electron chi connectivity index (χ0n) is 11.1. The molecule has 0 spiro atoms. The second-order valence-electron chi connectivity index (χ2n) is 4.88. The maximum Gasteiger partial charge on any atom is 0.231 e. The van der Waals surface area contributed by atoms with Crippen LogP contribution in [0.3, 0.4) is 0 Å². The molecule has 0 N–H and O–H groups in total. The lowest BCUT2D eigenvalue weighted by atomic mass is 10.1. The van der Waals surface area contributed by atoms with E-state index in [0.717, 1.165) is 28.1 Å². The van der Waals surface area contributed by atoms with Gasteiger partial charge in [-0.1, -0.05) is 12.1 Å². The van der Waals surface area contributed by atoms with Crippen LogP contribution in [0.1, 0.15) is 11.1 Å². The lowest BCUT2D eigenvalue weighted by molar-refractivity contribution is 0.174. The van der Waals surface area contributed by atoms with Crippen LogP contribution in [-0.4, -0.2) is 16.3 Å². The first-order chi connectivity index (χ1) is 10.3. The lowest BCUT2D eigenvalue weighted by Gasteiger charge is -2.05. The highest BCUT2D eigenvalue weighted by Gasteiger charge is 2.16. The summed E-state index contributed by atoms with van der Waals surface area (Å²) in [6, 6.07) is 13.6. The van der Waals surface area contributed by atoms with Gasteiger partial charge in [0, 0.05) is 18.7 Å². The van der Waals surface area contributed by atoms with Gasteiger partial charge in [0.2, 0.25) is 6.79 Å². The molecule has 0 aliphatic carbocycles. The third-order valence-electron chi connectivity index (χ3n) is 3.52. The molecule has 1 aliphatic rings. The van der Waals surface area contributed by atoms with Crippen LogP contribution in [-0.2, 0) is 6.54 Å². The Hall–Kier alpha value is -3.00. The molecule has 0 saturated carbocycles. The minimum absolute atomic E-state index is 0.256. The van der Waals surface area contributed by atoms with Gasteiger partial charge >= 0.3 is 0 Å². The van der Waals surface area contributed by atoms with Crippen LogP contribution >= 0.6 is 0 Å². The Morgan fingerprint density at radius 1 is 1.19 bits per heavy atom. The minimum Gasteiger partial charge on any atom is -0.454 e. The van der Waals surface area contributed by atoms with Gasteiger partial charge < -0.3 is 14.0 Å². The highest BCUT2D eigenvalue weighted by molar-refractivity contribution is 5.80. The molecule has 0 bridgehead atoms. The number of rotatable bonds is 2. The van der Waals surface area contributed by atoms with Crippen molar-refractivity contribution in [1.82, 2.24) is 9.55 Å². The van der Waals surface area contributed by atoms with Gasteiger partial charge in [0.15, 0.2) is 11.5 Å². The van der Waals surface area contributed by atoms with Crippen LogP contribution in [0.5, 0.6) is 11.5 Å². The fraction of sp³-hybridized carbons (Fsp3) is 0.125. The summed E-state index contributed by atoms with van der Waals surface area (Å²) in [4.78, 5) is 4.40. The van der Waals surface area contributed by atoms with E-state index in [9.17, 15) is 0 Å². The van der Waals surface area contributed by atoms with Gasteiger partial charge in [0.05, 0.1) is 29.0 Å². The molecule has 0 radical (unpaired) electrons. The topological polar surface area (TPSA) is 60.1 Å². The highest BCUT2D eigenvalue weighted by atomic mass is 16.7. The molecule has 5 nitrogen and oxygen atoms in total. The molecular weight excluding hydrogens is 266 g/mol. The van der Waals surface area contributed by atoms with Crippen molar-refractivity contribution in [2.45, 2.75) is 6.54 Å². The summed E-state index contributed by atoms with van der Waals surface area (Å²) in [6.07, 6.45) is 1.79. The molecule has 0 fully saturated rings. The zero-order chi connectivity index (χ0) is 14.2. The number of benzene rings is 2. The van der Waals surface area contributed by atoms with Crippen LogP contribution in [0.4, 0.5) is 0 Å². The number of imidazole rings is 1. The van der Waals surface area contributed by atoms with Crippen molar-refractivity contribution in [2.75, 3.05) is 6.79 Å². The van der Waals surface area contributed by atoms with Crippen molar-refractivity contribution in [2.24, 2.45) is 0 Å². The van der Waals surface area contributed by atoms with Gasteiger partial charge in [-0.25, -0.2) is 4.98 Å². The molecule has 0 amide bonds. The Morgan fingerprint density at radius 2 is 2.05 bits per heavy atom. The summed E-state index contributed by atoms with van der Waals surface area (Å²) >= 11 is 0. The van der Waals surface area contributed by atoms with Gasteiger partial charge in [0.1, 0.15) is 0 Å². The second-order valence-corrected chi connectivity index (χ2v) is 4.88. The predicted octanol–water partition coefficient (Wildman–Crippen LogP) is 2.68. The smallest absolute Gasteiger partial charge is 0.231 e. The SMILES string of the molecule is N#Cc1cccc(Cn2cnc3cc4c(cc32)OCO4)c1. The largest absolute Gasteiger partial charge is 0.454 e. The fourth-order valence-electron chi connectivity index (χ4n) is 2.51. The zero-order valence-corrected chi connectivity index (χ0v) is 11.1. The van der Waals surface area contributed by atoms with Crippen molar-refractivity contribution in [3.05, 3.63) is 53.9 Å². The summed E-state index contributed by atoms with van der Waals surface area (Å²) in [7, 11) is 0. The number of aromatic nitrogens is 2. The second kappa shape index (κ2) is 4.53. The molecule has 2 heterocycles. The average Bonchev–Trinajstić information content (AvgIpc) is 3.12. The Balaban J connectivity index is 1.75. The first kappa shape index (κ1) is 11.8. The van der Waals surface area contributed by atoms with E-state index in [2.05, 4.69) is 11.1 Å². The monoisotopic (exact) mass is 277 g/mol. The number of fused-ring (bicyclic) bond motifs is 2. The van der Waals surface area contributed by atoms with Crippen molar-refractivity contribution >= 4 is 11.0 Å². The summed E-state index contributed by atoms with van der Waals surface area (Å²) in [5, 5.41) is 8.97. The normalized spacial score (nSPS) is 12.5. The summed E-state index contributed by atoms with van der Waals surface area (Å²) in [6.45, 7) is 0.915. The number of nitrogens with zero attached hydrogens (tertiary/aromatic N) is 3. The van der Waals surface area contributed by atoms with Gasteiger partial charge in [0.25, 0.3) is 0 Å². The van der Waals surface area contributed by atoms with Crippen molar-refractivity contribution in [3.63, 3.8) is 0 Å². The predicted molar refractivity (Wildman–Crippen MR) is 76.1 cm³/mol. The van der Waals surface area contributed by atoms with E-state index >= 15 is 0 Å². The first-order valence-electron chi connectivity index (χ1n) is 6.57. The molecule has 5 heteroatoms. The number of ether oxygens (including phenoxy) is 2. The highest BCUT2D eigenvalue weighted by Crippen LogP contribution is 2.35. The van der Waals surface area contributed by atoms with E-state index in [4.69, 9.17) is 14.7 Å². The van der Waals surface area contributed by atoms with Crippen molar-refractivity contribution < 1.29 is 9.47 Å². The Labute approximate surface area is 121 Å². The average molecular weight is 277 g/mol. The summed E-state index contributed by atoms with van der Waals surface area (Å²) < 4.78 is 12.8. The molecule has 0 unspecified atom stereocenters. The van der Waals surface area contributed by atoms with E-state index < -0.39 is 0 Å².